The highest BCUT2D eigenvalue weighted by molar-refractivity contribution is 7.91. The second kappa shape index (κ2) is 6.10. The van der Waals surface area contributed by atoms with Gasteiger partial charge in [-0.15, -0.1) is 0 Å². The maximum Gasteiger partial charge on any atom is 0.231 e. The molecular weight excluding hydrogens is 318 g/mol. The van der Waals surface area contributed by atoms with E-state index in [1.54, 1.807) is 42.5 Å². The first-order chi connectivity index (χ1) is 11.1. The molecule has 3 rings (SSSR count). The summed E-state index contributed by atoms with van der Waals surface area (Å²) in [6.45, 7) is 0.368. The molecule has 0 bridgehead atoms. The average Bonchev–Trinajstić information content (AvgIpc) is 3.03. The van der Waals surface area contributed by atoms with Gasteiger partial charge in [0.05, 0.1) is 18.6 Å². The van der Waals surface area contributed by atoms with Crippen molar-refractivity contribution in [2.24, 2.45) is 0 Å². The van der Waals surface area contributed by atoms with Crippen molar-refractivity contribution in [1.82, 2.24) is 0 Å². The summed E-state index contributed by atoms with van der Waals surface area (Å²) in [5.74, 6) is 1.79. The molecule has 6 nitrogen and oxygen atoms in total. The van der Waals surface area contributed by atoms with E-state index in [1.165, 1.54) is 7.11 Å². The van der Waals surface area contributed by atoms with Gasteiger partial charge in [-0.1, -0.05) is 6.07 Å². The van der Waals surface area contributed by atoms with Gasteiger partial charge in [0.15, 0.2) is 21.3 Å². The Morgan fingerprint density at radius 3 is 2.48 bits per heavy atom. The lowest BCUT2D eigenvalue weighted by Crippen LogP contribution is -2.54. The zero-order chi connectivity index (χ0) is 16.4. The molecule has 1 aliphatic rings. The van der Waals surface area contributed by atoms with E-state index in [1.807, 2.05) is 0 Å². The van der Waals surface area contributed by atoms with Crippen LogP contribution in [0.15, 0.2) is 47.4 Å². The number of ether oxygens (including phenoxy) is 3. The van der Waals surface area contributed by atoms with E-state index in [9.17, 15) is 8.42 Å². The Balaban J connectivity index is 1.98. The van der Waals surface area contributed by atoms with Crippen LogP contribution >= 0.6 is 0 Å². The van der Waals surface area contributed by atoms with Crippen molar-refractivity contribution in [1.29, 1.82) is 0 Å². The molecule has 2 aromatic rings. The Bertz CT molecular complexity index is 802. The van der Waals surface area contributed by atoms with Gasteiger partial charge in [-0.3, -0.25) is 0 Å². The number of hydrogen-bond acceptors (Lipinski definition) is 5. The standard InChI is InChI=1S/C16H17NO5S/c1-20-12-3-5-13(6-4-12)23(18,19)16(9-17)11-2-7-14-15(8-11)22-10-21-14/h2-8,16H,9-10,17H2,1H3/p+1/t16-/m1/s1. The fraction of sp³-hybridized carbons (Fsp3) is 0.250. The fourth-order valence-electron chi connectivity index (χ4n) is 2.54. The van der Waals surface area contributed by atoms with E-state index in [0.29, 0.717) is 22.8 Å². The van der Waals surface area contributed by atoms with Crippen molar-refractivity contribution in [3.8, 4) is 17.2 Å². The molecule has 0 spiro atoms. The van der Waals surface area contributed by atoms with Gasteiger partial charge >= 0.3 is 0 Å². The van der Waals surface area contributed by atoms with Crippen molar-refractivity contribution >= 4 is 9.84 Å². The third-order valence-corrected chi connectivity index (χ3v) is 5.98. The summed E-state index contributed by atoms with van der Waals surface area (Å²) in [6, 6.07) is 11.5. The van der Waals surface area contributed by atoms with E-state index >= 15 is 0 Å². The molecule has 0 saturated heterocycles. The molecule has 0 saturated carbocycles. The number of quaternary nitrogens is 1. The van der Waals surface area contributed by atoms with Crippen LogP contribution in [-0.4, -0.2) is 28.9 Å². The Labute approximate surface area is 134 Å². The summed E-state index contributed by atoms with van der Waals surface area (Å²) in [4.78, 5) is 0.240. The molecule has 1 heterocycles. The predicted octanol–water partition coefficient (Wildman–Crippen LogP) is 1.18. The van der Waals surface area contributed by atoms with Crippen LogP contribution in [0.2, 0.25) is 0 Å². The fourth-order valence-corrected chi connectivity index (χ4v) is 4.20. The Morgan fingerprint density at radius 2 is 1.83 bits per heavy atom. The molecule has 2 aromatic carbocycles. The normalized spacial score (nSPS) is 14.5. The van der Waals surface area contributed by atoms with Crippen LogP contribution in [0.3, 0.4) is 0 Å². The van der Waals surface area contributed by atoms with Crippen LogP contribution in [0.1, 0.15) is 10.8 Å². The van der Waals surface area contributed by atoms with E-state index in [2.05, 4.69) is 5.73 Å². The highest BCUT2D eigenvalue weighted by Gasteiger charge is 2.31. The zero-order valence-electron chi connectivity index (χ0n) is 12.7. The van der Waals surface area contributed by atoms with Gasteiger partial charge in [-0.25, -0.2) is 8.42 Å². The van der Waals surface area contributed by atoms with Crippen LogP contribution in [0.5, 0.6) is 17.2 Å². The third-order valence-electron chi connectivity index (χ3n) is 3.79. The average molecular weight is 336 g/mol. The summed E-state index contributed by atoms with van der Waals surface area (Å²) >= 11 is 0. The lowest BCUT2D eigenvalue weighted by molar-refractivity contribution is -0.367. The number of rotatable bonds is 5. The number of sulfone groups is 1. The number of fused-ring (bicyclic) bond motifs is 1. The van der Waals surface area contributed by atoms with Crippen molar-refractivity contribution in [3.63, 3.8) is 0 Å². The van der Waals surface area contributed by atoms with Gasteiger partial charge in [-0.05, 0) is 42.0 Å². The van der Waals surface area contributed by atoms with E-state index in [4.69, 9.17) is 14.2 Å². The predicted molar refractivity (Wildman–Crippen MR) is 83.2 cm³/mol. The van der Waals surface area contributed by atoms with E-state index < -0.39 is 15.1 Å². The first kappa shape index (κ1) is 15.6. The molecule has 1 atom stereocenters. The summed E-state index contributed by atoms with van der Waals surface area (Å²) in [7, 11) is -2.02. The lowest BCUT2D eigenvalue weighted by Gasteiger charge is -2.15. The molecule has 122 valence electrons. The summed E-state index contributed by atoms with van der Waals surface area (Å²) in [5, 5.41) is -0.745. The van der Waals surface area contributed by atoms with Crippen molar-refractivity contribution in [2.45, 2.75) is 10.1 Å². The molecule has 0 radical (unpaired) electrons. The first-order valence-corrected chi connectivity index (χ1v) is 8.67. The zero-order valence-corrected chi connectivity index (χ0v) is 13.5. The smallest absolute Gasteiger partial charge is 0.231 e. The van der Waals surface area contributed by atoms with Gasteiger partial charge in [-0.2, -0.15) is 0 Å². The lowest BCUT2D eigenvalue weighted by atomic mass is 10.1. The molecule has 1 aliphatic heterocycles. The maximum atomic E-state index is 12.9. The Kier molecular flexibility index (Phi) is 4.14. The van der Waals surface area contributed by atoms with Crippen LogP contribution < -0.4 is 19.9 Å². The molecule has 0 unspecified atom stereocenters. The highest BCUT2D eigenvalue weighted by atomic mass is 32.2. The first-order valence-electron chi connectivity index (χ1n) is 7.13. The quantitative estimate of drug-likeness (QED) is 0.885. The summed E-state index contributed by atoms with van der Waals surface area (Å²) < 4.78 is 41.5. The second-order valence-corrected chi connectivity index (χ2v) is 7.24. The minimum absolute atomic E-state index is 0.152. The van der Waals surface area contributed by atoms with Crippen molar-refractivity contribution in [2.75, 3.05) is 20.4 Å². The highest BCUT2D eigenvalue weighted by Crippen LogP contribution is 2.37. The van der Waals surface area contributed by atoms with E-state index in [0.717, 1.165) is 0 Å². The van der Waals surface area contributed by atoms with Crippen molar-refractivity contribution in [3.05, 3.63) is 48.0 Å². The van der Waals surface area contributed by atoms with Gasteiger partial charge in [0, 0.05) is 0 Å². The maximum absolute atomic E-state index is 12.9. The van der Waals surface area contributed by atoms with Gasteiger partial charge in [0.25, 0.3) is 0 Å². The molecule has 7 heteroatoms. The van der Waals surface area contributed by atoms with Gasteiger partial charge < -0.3 is 19.9 Å². The number of methoxy groups -OCH3 is 1. The van der Waals surface area contributed by atoms with Crippen molar-refractivity contribution < 1.29 is 28.4 Å². The number of benzene rings is 2. The Morgan fingerprint density at radius 1 is 1.13 bits per heavy atom. The summed E-state index contributed by atoms with van der Waals surface area (Å²) in [5.41, 5.74) is 4.44. The minimum Gasteiger partial charge on any atom is -0.497 e. The third kappa shape index (κ3) is 2.85. The molecular formula is C16H18NO5S+. The molecule has 0 aliphatic carbocycles. The summed E-state index contributed by atoms with van der Waals surface area (Å²) in [6.07, 6.45) is 0. The van der Waals surface area contributed by atoms with Crippen LogP contribution in [-0.2, 0) is 9.84 Å². The van der Waals surface area contributed by atoms with Crippen LogP contribution in [0, 0.1) is 0 Å². The monoisotopic (exact) mass is 336 g/mol. The Hall–Kier alpha value is -2.25. The molecule has 23 heavy (non-hydrogen) atoms. The second-order valence-electron chi connectivity index (χ2n) is 5.11. The molecule has 0 fully saturated rings. The SMILES string of the molecule is COc1ccc(S(=O)(=O)[C@H](C[NH3+])c2ccc3c(c2)OCO3)cc1. The van der Waals surface area contributed by atoms with Gasteiger partial charge in [0.2, 0.25) is 6.79 Å². The van der Waals surface area contributed by atoms with E-state index in [-0.39, 0.29) is 18.2 Å². The van der Waals surface area contributed by atoms with Crippen LogP contribution in [0.25, 0.3) is 0 Å². The molecule has 0 amide bonds. The minimum atomic E-state index is -3.56. The van der Waals surface area contributed by atoms with Crippen LogP contribution in [0.4, 0.5) is 0 Å². The molecule has 3 N–H and O–H groups in total. The largest absolute Gasteiger partial charge is 0.497 e. The number of hydrogen-bond donors (Lipinski definition) is 1. The van der Waals surface area contributed by atoms with Gasteiger partial charge in [0.1, 0.15) is 11.0 Å². The molecule has 0 aromatic heterocycles. The topological polar surface area (TPSA) is 89.5 Å².